The highest BCUT2D eigenvalue weighted by atomic mass is 79.9. The van der Waals surface area contributed by atoms with E-state index in [1.165, 1.54) is 14.9 Å². The van der Waals surface area contributed by atoms with E-state index in [2.05, 4.69) is 69.9 Å². The Morgan fingerprint density at radius 3 is 2.65 bits per heavy atom. The number of benzene rings is 1. The van der Waals surface area contributed by atoms with Crippen LogP contribution < -0.4 is 5.32 Å². The quantitative estimate of drug-likeness (QED) is 0.840. The van der Waals surface area contributed by atoms with Gasteiger partial charge in [-0.3, -0.25) is 0 Å². The minimum absolute atomic E-state index is 0.442. The van der Waals surface area contributed by atoms with E-state index < -0.39 is 0 Å². The van der Waals surface area contributed by atoms with E-state index in [0.717, 1.165) is 13.0 Å². The average molecular weight is 310 g/mol. The molecular formula is C14H16BrNS. The molecule has 1 aromatic heterocycles. The summed E-state index contributed by atoms with van der Waals surface area (Å²) >= 11 is 5.27. The van der Waals surface area contributed by atoms with Gasteiger partial charge in [0, 0.05) is 27.3 Å². The van der Waals surface area contributed by atoms with Crippen molar-refractivity contribution < 1.29 is 0 Å². The Kier molecular flexibility index (Phi) is 4.77. The van der Waals surface area contributed by atoms with Crippen molar-refractivity contribution >= 4 is 27.3 Å². The van der Waals surface area contributed by atoms with Crippen LogP contribution in [-0.4, -0.2) is 0 Å². The minimum atomic E-state index is 0.442. The summed E-state index contributed by atoms with van der Waals surface area (Å²) < 4.78 is 1.17. The van der Waals surface area contributed by atoms with Crippen LogP contribution in [0.4, 0.5) is 0 Å². The van der Waals surface area contributed by atoms with Gasteiger partial charge in [0.05, 0.1) is 0 Å². The van der Waals surface area contributed by atoms with Gasteiger partial charge in [-0.25, -0.2) is 0 Å². The Balaban J connectivity index is 1.97. The third kappa shape index (κ3) is 3.66. The van der Waals surface area contributed by atoms with Crippen molar-refractivity contribution in [1.29, 1.82) is 0 Å². The van der Waals surface area contributed by atoms with Crippen molar-refractivity contribution in [3.63, 3.8) is 0 Å². The van der Waals surface area contributed by atoms with Crippen LogP contribution in [0, 0.1) is 0 Å². The SMILES string of the molecule is CCC(NCc1cc(Br)cs1)c1ccccc1. The lowest BCUT2D eigenvalue weighted by Crippen LogP contribution is -2.19. The van der Waals surface area contributed by atoms with Crippen LogP contribution in [0.3, 0.4) is 0 Å². The first-order valence-electron chi connectivity index (χ1n) is 5.81. The summed E-state index contributed by atoms with van der Waals surface area (Å²) in [5.41, 5.74) is 1.37. The molecule has 0 aliphatic carbocycles. The monoisotopic (exact) mass is 309 g/mol. The Morgan fingerprint density at radius 2 is 2.06 bits per heavy atom. The van der Waals surface area contributed by atoms with E-state index in [0.29, 0.717) is 6.04 Å². The van der Waals surface area contributed by atoms with Gasteiger partial charge in [0.2, 0.25) is 0 Å². The summed E-state index contributed by atoms with van der Waals surface area (Å²) in [4.78, 5) is 1.37. The van der Waals surface area contributed by atoms with Gasteiger partial charge in [-0.2, -0.15) is 0 Å². The normalized spacial score (nSPS) is 12.6. The molecule has 0 bridgehead atoms. The molecule has 0 aliphatic rings. The van der Waals surface area contributed by atoms with Crippen molar-refractivity contribution in [3.8, 4) is 0 Å². The van der Waals surface area contributed by atoms with Gasteiger partial charge in [-0.1, -0.05) is 37.3 Å². The molecular weight excluding hydrogens is 294 g/mol. The largest absolute Gasteiger partial charge is 0.305 e. The van der Waals surface area contributed by atoms with Gasteiger partial charge in [0.25, 0.3) is 0 Å². The van der Waals surface area contributed by atoms with Crippen molar-refractivity contribution in [1.82, 2.24) is 5.32 Å². The smallest absolute Gasteiger partial charge is 0.0320 e. The van der Waals surface area contributed by atoms with Gasteiger partial charge in [0.1, 0.15) is 0 Å². The molecule has 1 atom stereocenters. The van der Waals surface area contributed by atoms with Crippen LogP contribution in [0.2, 0.25) is 0 Å². The number of hydrogen-bond acceptors (Lipinski definition) is 2. The van der Waals surface area contributed by atoms with Crippen LogP contribution in [0.15, 0.2) is 46.3 Å². The lowest BCUT2D eigenvalue weighted by atomic mass is 10.0. The molecule has 0 saturated carbocycles. The van der Waals surface area contributed by atoms with Crippen LogP contribution in [-0.2, 0) is 6.54 Å². The molecule has 1 unspecified atom stereocenters. The van der Waals surface area contributed by atoms with E-state index in [1.54, 1.807) is 11.3 Å². The predicted molar refractivity (Wildman–Crippen MR) is 78.3 cm³/mol. The van der Waals surface area contributed by atoms with Crippen LogP contribution in [0.25, 0.3) is 0 Å². The molecule has 0 saturated heterocycles. The summed E-state index contributed by atoms with van der Waals surface area (Å²) in [6, 6.07) is 13.2. The van der Waals surface area contributed by atoms with Crippen molar-refractivity contribution in [2.24, 2.45) is 0 Å². The van der Waals surface area contributed by atoms with E-state index in [4.69, 9.17) is 0 Å². The standard InChI is InChI=1S/C14H16BrNS/c1-2-14(11-6-4-3-5-7-11)16-9-13-8-12(15)10-17-13/h3-8,10,14,16H,2,9H2,1H3. The summed E-state index contributed by atoms with van der Waals surface area (Å²) in [7, 11) is 0. The maximum Gasteiger partial charge on any atom is 0.0320 e. The zero-order valence-electron chi connectivity index (χ0n) is 9.82. The Hall–Kier alpha value is -0.640. The Labute approximate surface area is 115 Å². The molecule has 1 nitrogen and oxygen atoms in total. The fourth-order valence-corrected chi connectivity index (χ4v) is 3.26. The number of halogens is 1. The first-order chi connectivity index (χ1) is 8.29. The molecule has 3 heteroatoms. The van der Waals surface area contributed by atoms with Crippen LogP contribution in [0.5, 0.6) is 0 Å². The van der Waals surface area contributed by atoms with E-state index >= 15 is 0 Å². The minimum Gasteiger partial charge on any atom is -0.305 e. The molecule has 0 spiro atoms. The maximum atomic E-state index is 3.60. The molecule has 2 aromatic rings. The lowest BCUT2D eigenvalue weighted by Gasteiger charge is -2.16. The highest BCUT2D eigenvalue weighted by Crippen LogP contribution is 2.21. The van der Waals surface area contributed by atoms with E-state index in [9.17, 15) is 0 Å². The number of hydrogen-bond donors (Lipinski definition) is 1. The molecule has 0 aliphatic heterocycles. The molecule has 1 N–H and O–H groups in total. The van der Waals surface area contributed by atoms with Crippen molar-refractivity contribution in [3.05, 3.63) is 56.7 Å². The number of nitrogens with one attached hydrogen (secondary N) is 1. The molecule has 1 heterocycles. The lowest BCUT2D eigenvalue weighted by molar-refractivity contribution is 0.522. The summed E-state index contributed by atoms with van der Waals surface area (Å²) in [5, 5.41) is 5.73. The first-order valence-corrected chi connectivity index (χ1v) is 7.48. The molecule has 2 rings (SSSR count). The maximum absolute atomic E-state index is 3.60. The van der Waals surface area contributed by atoms with Gasteiger partial charge in [-0.05, 0) is 34.0 Å². The van der Waals surface area contributed by atoms with Gasteiger partial charge >= 0.3 is 0 Å². The molecule has 0 fully saturated rings. The highest BCUT2D eigenvalue weighted by Gasteiger charge is 2.08. The predicted octanol–water partition coefficient (Wildman–Crippen LogP) is 4.75. The second-order valence-corrected chi connectivity index (χ2v) is 5.90. The fraction of sp³-hybridized carbons (Fsp3) is 0.286. The zero-order chi connectivity index (χ0) is 12.1. The molecule has 1 aromatic carbocycles. The van der Waals surface area contributed by atoms with Gasteiger partial charge in [-0.15, -0.1) is 11.3 Å². The Morgan fingerprint density at radius 1 is 1.29 bits per heavy atom. The molecule has 0 radical (unpaired) electrons. The van der Waals surface area contributed by atoms with Crippen LogP contribution in [0.1, 0.15) is 29.8 Å². The summed E-state index contributed by atoms with van der Waals surface area (Å²) in [5.74, 6) is 0. The second kappa shape index (κ2) is 6.34. The van der Waals surface area contributed by atoms with E-state index in [1.807, 2.05) is 0 Å². The van der Waals surface area contributed by atoms with Gasteiger partial charge < -0.3 is 5.32 Å². The zero-order valence-corrected chi connectivity index (χ0v) is 12.2. The number of thiophene rings is 1. The summed E-state index contributed by atoms with van der Waals surface area (Å²) in [6.07, 6.45) is 1.11. The highest BCUT2D eigenvalue weighted by molar-refractivity contribution is 9.10. The third-order valence-electron chi connectivity index (χ3n) is 2.75. The average Bonchev–Trinajstić information content (AvgIpc) is 2.77. The first kappa shape index (κ1) is 12.8. The third-order valence-corrected chi connectivity index (χ3v) is 4.45. The molecule has 17 heavy (non-hydrogen) atoms. The van der Waals surface area contributed by atoms with E-state index in [-0.39, 0.29) is 0 Å². The number of rotatable bonds is 5. The summed E-state index contributed by atoms with van der Waals surface area (Å²) in [6.45, 7) is 3.15. The second-order valence-electron chi connectivity index (χ2n) is 3.98. The van der Waals surface area contributed by atoms with Gasteiger partial charge in [0.15, 0.2) is 0 Å². The fourth-order valence-electron chi connectivity index (χ4n) is 1.85. The van der Waals surface area contributed by atoms with Crippen molar-refractivity contribution in [2.45, 2.75) is 25.9 Å². The Bertz CT molecular complexity index is 452. The molecule has 0 amide bonds. The topological polar surface area (TPSA) is 12.0 Å². The van der Waals surface area contributed by atoms with Crippen molar-refractivity contribution in [2.75, 3.05) is 0 Å². The molecule has 90 valence electrons. The van der Waals surface area contributed by atoms with Crippen LogP contribution >= 0.6 is 27.3 Å².